The molecular formula is C7H11N3O2S. The van der Waals surface area contributed by atoms with Crippen molar-refractivity contribution in [3.63, 3.8) is 0 Å². The van der Waals surface area contributed by atoms with Crippen LogP contribution in [0.4, 0.5) is 0 Å². The van der Waals surface area contributed by atoms with Gasteiger partial charge in [0, 0.05) is 12.7 Å². The molecular weight excluding hydrogens is 190 g/mol. The molecule has 0 unspecified atom stereocenters. The summed E-state index contributed by atoms with van der Waals surface area (Å²) in [7, 11) is -2.67. The first-order chi connectivity index (χ1) is 6.16. The lowest BCUT2D eigenvalue weighted by molar-refractivity contribution is 0.445. The maximum Gasteiger partial charge on any atom is 0.150 e. The standard InChI is InChI=1S/C7H11N3O2S/c11-13(12)5-7(6-13)1-3-10-4-2-8-9-10/h2,4,7H,1,3,5-6H2. The summed E-state index contributed by atoms with van der Waals surface area (Å²) < 4.78 is 23.4. The lowest BCUT2D eigenvalue weighted by Gasteiger charge is -2.25. The molecule has 1 aliphatic rings. The quantitative estimate of drug-likeness (QED) is 0.674. The highest BCUT2D eigenvalue weighted by molar-refractivity contribution is 7.92. The van der Waals surface area contributed by atoms with Gasteiger partial charge in [-0.1, -0.05) is 5.21 Å². The Labute approximate surface area is 76.7 Å². The number of hydrogen-bond donors (Lipinski definition) is 0. The van der Waals surface area contributed by atoms with E-state index in [1.165, 1.54) is 0 Å². The van der Waals surface area contributed by atoms with Gasteiger partial charge in [0.2, 0.25) is 0 Å². The van der Waals surface area contributed by atoms with E-state index in [9.17, 15) is 8.42 Å². The van der Waals surface area contributed by atoms with Crippen molar-refractivity contribution in [1.29, 1.82) is 0 Å². The van der Waals surface area contributed by atoms with E-state index in [1.54, 1.807) is 17.1 Å². The number of sulfone groups is 1. The maximum atomic E-state index is 10.8. The molecule has 0 radical (unpaired) electrons. The molecule has 1 fully saturated rings. The van der Waals surface area contributed by atoms with E-state index in [1.807, 2.05) is 0 Å². The number of aryl methyl sites for hydroxylation is 1. The van der Waals surface area contributed by atoms with Gasteiger partial charge in [-0.05, 0) is 12.3 Å². The lowest BCUT2D eigenvalue weighted by atomic mass is 10.1. The Morgan fingerprint density at radius 3 is 2.77 bits per heavy atom. The van der Waals surface area contributed by atoms with Crippen molar-refractivity contribution in [3.05, 3.63) is 12.4 Å². The molecule has 0 saturated carbocycles. The molecule has 2 heterocycles. The molecule has 0 aliphatic carbocycles. The van der Waals surface area contributed by atoms with E-state index in [-0.39, 0.29) is 0 Å². The molecule has 6 heteroatoms. The monoisotopic (exact) mass is 201 g/mol. The minimum absolute atomic E-state index is 0.328. The molecule has 0 spiro atoms. The number of nitrogens with zero attached hydrogens (tertiary/aromatic N) is 3. The van der Waals surface area contributed by atoms with Crippen LogP contribution in [0.15, 0.2) is 12.4 Å². The minimum Gasteiger partial charge on any atom is -0.253 e. The van der Waals surface area contributed by atoms with Crippen LogP contribution >= 0.6 is 0 Å². The van der Waals surface area contributed by atoms with Crippen molar-refractivity contribution >= 4 is 9.84 Å². The molecule has 13 heavy (non-hydrogen) atoms. The van der Waals surface area contributed by atoms with Crippen molar-refractivity contribution in [3.8, 4) is 0 Å². The molecule has 0 bridgehead atoms. The predicted molar refractivity (Wildman–Crippen MR) is 46.8 cm³/mol. The van der Waals surface area contributed by atoms with E-state index in [2.05, 4.69) is 10.3 Å². The highest BCUT2D eigenvalue weighted by Crippen LogP contribution is 2.21. The second-order valence-electron chi connectivity index (χ2n) is 3.40. The zero-order chi connectivity index (χ0) is 9.31. The second kappa shape index (κ2) is 3.10. The highest BCUT2D eigenvalue weighted by atomic mass is 32.2. The van der Waals surface area contributed by atoms with Crippen LogP contribution in [0.25, 0.3) is 0 Å². The van der Waals surface area contributed by atoms with Crippen molar-refractivity contribution in [2.75, 3.05) is 11.5 Å². The van der Waals surface area contributed by atoms with E-state index in [0.29, 0.717) is 17.4 Å². The molecule has 0 amide bonds. The van der Waals surface area contributed by atoms with E-state index in [4.69, 9.17) is 0 Å². The number of hydrogen-bond acceptors (Lipinski definition) is 4. The normalized spacial score (nSPS) is 21.2. The third kappa shape index (κ3) is 2.06. The summed E-state index contributed by atoms with van der Waals surface area (Å²) in [6.07, 6.45) is 4.28. The first kappa shape index (κ1) is 8.68. The Kier molecular flexibility index (Phi) is 2.07. The van der Waals surface area contributed by atoms with Gasteiger partial charge in [0.15, 0.2) is 9.84 Å². The molecule has 5 nitrogen and oxygen atoms in total. The fraction of sp³-hybridized carbons (Fsp3) is 0.714. The van der Waals surface area contributed by atoms with Crippen LogP contribution in [0.5, 0.6) is 0 Å². The average Bonchev–Trinajstić information content (AvgIpc) is 2.48. The van der Waals surface area contributed by atoms with Crippen LogP contribution in [-0.4, -0.2) is 34.9 Å². The molecule has 1 aromatic rings. The zero-order valence-electron chi connectivity index (χ0n) is 7.13. The van der Waals surface area contributed by atoms with Gasteiger partial charge in [-0.2, -0.15) is 0 Å². The van der Waals surface area contributed by atoms with Crippen molar-refractivity contribution < 1.29 is 8.42 Å². The zero-order valence-corrected chi connectivity index (χ0v) is 7.94. The van der Waals surface area contributed by atoms with E-state index >= 15 is 0 Å². The summed E-state index contributed by atoms with van der Waals surface area (Å²) in [6, 6.07) is 0. The Morgan fingerprint density at radius 2 is 2.23 bits per heavy atom. The third-order valence-corrected chi connectivity index (χ3v) is 4.18. The summed E-state index contributed by atoms with van der Waals surface area (Å²) in [5, 5.41) is 7.47. The molecule has 1 aromatic heterocycles. The summed E-state index contributed by atoms with van der Waals surface area (Å²) in [5.41, 5.74) is 0. The van der Waals surface area contributed by atoms with Gasteiger partial charge in [0.05, 0.1) is 17.7 Å². The Morgan fingerprint density at radius 1 is 1.46 bits per heavy atom. The summed E-state index contributed by atoms with van der Waals surface area (Å²) in [6.45, 7) is 0.764. The summed E-state index contributed by atoms with van der Waals surface area (Å²) in [5.74, 6) is 1.03. The fourth-order valence-electron chi connectivity index (χ4n) is 1.50. The largest absolute Gasteiger partial charge is 0.253 e. The Bertz CT molecular complexity index is 358. The van der Waals surface area contributed by atoms with Crippen molar-refractivity contribution in [2.24, 2.45) is 5.92 Å². The van der Waals surface area contributed by atoms with Gasteiger partial charge in [0.25, 0.3) is 0 Å². The van der Waals surface area contributed by atoms with Gasteiger partial charge >= 0.3 is 0 Å². The van der Waals surface area contributed by atoms with Crippen LogP contribution in [-0.2, 0) is 16.4 Å². The number of aromatic nitrogens is 3. The smallest absolute Gasteiger partial charge is 0.150 e. The highest BCUT2D eigenvalue weighted by Gasteiger charge is 2.32. The van der Waals surface area contributed by atoms with Crippen LogP contribution in [0.2, 0.25) is 0 Å². The Hall–Kier alpha value is -0.910. The molecule has 0 N–H and O–H groups in total. The van der Waals surface area contributed by atoms with Crippen LogP contribution < -0.4 is 0 Å². The molecule has 0 atom stereocenters. The molecule has 2 rings (SSSR count). The first-order valence-corrected chi connectivity index (χ1v) is 6.02. The van der Waals surface area contributed by atoms with Crippen LogP contribution in [0.3, 0.4) is 0 Å². The number of rotatable bonds is 3. The van der Waals surface area contributed by atoms with Gasteiger partial charge in [-0.3, -0.25) is 4.68 Å². The average molecular weight is 201 g/mol. The van der Waals surface area contributed by atoms with E-state index < -0.39 is 9.84 Å². The molecule has 0 aromatic carbocycles. The Balaban J connectivity index is 1.77. The topological polar surface area (TPSA) is 64.8 Å². The van der Waals surface area contributed by atoms with Crippen molar-refractivity contribution in [2.45, 2.75) is 13.0 Å². The lowest BCUT2D eigenvalue weighted by Crippen LogP contribution is -2.36. The van der Waals surface area contributed by atoms with Gasteiger partial charge in [-0.15, -0.1) is 5.10 Å². The maximum absolute atomic E-state index is 10.8. The minimum atomic E-state index is -2.67. The first-order valence-electron chi connectivity index (χ1n) is 4.20. The van der Waals surface area contributed by atoms with Gasteiger partial charge in [-0.25, -0.2) is 8.42 Å². The van der Waals surface area contributed by atoms with Crippen LogP contribution in [0, 0.1) is 5.92 Å². The summed E-state index contributed by atoms with van der Waals surface area (Å²) >= 11 is 0. The second-order valence-corrected chi connectivity index (χ2v) is 5.55. The van der Waals surface area contributed by atoms with Crippen molar-refractivity contribution in [1.82, 2.24) is 15.0 Å². The van der Waals surface area contributed by atoms with Gasteiger partial charge < -0.3 is 0 Å². The van der Waals surface area contributed by atoms with Crippen LogP contribution in [0.1, 0.15) is 6.42 Å². The fourth-order valence-corrected chi connectivity index (χ4v) is 3.18. The van der Waals surface area contributed by atoms with E-state index in [0.717, 1.165) is 13.0 Å². The molecule has 72 valence electrons. The molecule has 1 saturated heterocycles. The third-order valence-electron chi connectivity index (χ3n) is 2.22. The summed E-state index contributed by atoms with van der Waals surface area (Å²) in [4.78, 5) is 0. The van der Waals surface area contributed by atoms with Gasteiger partial charge in [0.1, 0.15) is 0 Å². The SMILES string of the molecule is O=S1(=O)CC(CCn2ccnn2)C1. The molecule has 1 aliphatic heterocycles. The predicted octanol–water partition coefficient (Wildman–Crippen LogP) is -0.287.